The summed E-state index contributed by atoms with van der Waals surface area (Å²) >= 11 is 0. The van der Waals surface area contributed by atoms with Gasteiger partial charge in [-0.2, -0.15) is 0 Å². The third-order valence-electron chi connectivity index (χ3n) is 7.95. The Morgan fingerprint density at radius 1 is 1.12 bits per heavy atom. The highest BCUT2D eigenvalue weighted by Gasteiger charge is 2.62. The molecule has 0 aromatic heterocycles. The van der Waals surface area contributed by atoms with E-state index in [1.165, 1.54) is 0 Å². The summed E-state index contributed by atoms with van der Waals surface area (Å²) in [6, 6.07) is 0. The van der Waals surface area contributed by atoms with Crippen LogP contribution in [0.25, 0.3) is 0 Å². The molecule has 0 aromatic rings. The van der Waals surface area contributed by atoms with Gasteiger partial charge in [-0.15, -0.1) is 0 Å². The molecule has 3 saturated carbocycles. The van der Waals surface area contributed by atoms with Gasteiger partial charge in [-0.3, -0.25) is 0 Å². The predicted octanol–water partition coefficient (Wildman–Crippen LogP) is 2.62. The Balaban J connectivity index is 1.71. The maximum absolute atomic E-state index is 11.3. The van der Waals surface area contributed by atoms with Crippen LogP contribution in [0.4, 0.5) is 0 Å². The highest BCUT2D eigenvalue weighted by molar-refractivity contribution is 5.13. The molecule has 140 valence electrons. The number of fused-ring (bicyclic) bond motifs is 4. The van der Waals surface area contributed by atoms with Gasteiger partial charge in [0.15, 0.2) is 0 Å². The van der Waals surface area contributed by atoms with Crippen molar-refractivity contribution in [1.82, 2.24) is 0 Å². The first-order valence-corrected chi connectivity index (χ1v) is 9.71. The molecule has 0 radical (unpaired) electrons. The summed E-state index contributed by atoms with van der Waals surface area (Å²) in [5.41, 5.74) is -1.71. The molecule has 7 atom stereocenters. The van der Waals surface area contributed by atoms with Gasteiger partial charge in [-0.05, 0) is 87.9 Å². The van der Waals surface area contributed by atoms with Crippen LogP contribution >= 0.6 is 0 Å². The molecule has 3 aliphatic carbocycles. The molecule has 0 amide bonds. The number of aliphatic hydroxyl groups is 4. The van der Waals surface area contributed by atoms with Crippen LogP contribution in [0.5, 0.6) is 0 Å². The number of hydrogen-bond acceptors (Lipinski definition) is 4. The smallest absolute Gasteiger partial charge is 0.0849 e. The fourth-order valence-electron chi connectivity index (χ4n) is 6.04. The Bertz CT molecular complexity index is 487. The van der Waals surface area contributed by atoms with E-state index in [0.717, 1.165) is 32.1 Å². The molecule has 4 heteroatoms. The molecule has 0 aliphatic heterocycles. The first-order chi connectivity index (χ1) is 10.9. The fraction of sp³-hybridized carbons (Fsp3) is 1.00. The van der Waals surface area contributed by atoms with Gasteiger partial charge in [-0.1, -0.05) is 13.8 Å². The normalized spacial score (nSPS) is 49.8. The van der Waals surface area contributed by atoms with Crippen molar-refractivity contribution in [2.45, 2.75) is 102 Å². The maximum Gasteiger partial charge on any atom is 0.0849 e. The Morgan fingerprint density at radius 3 is 2.42 bits per heavy atom. The molecular formula is C20H36O4. The minimum atomic E-state index is -1.06. The first kappa shape index (κ1) is 18.6. The number of hydrogen-bond donors (Lipinski definition) is 4. The molecule has 7 unspecified atom stereocenters. The maximum atomic E-state index is 11.3. The van der Waals surface area contributed by atoms with Crippen LogP contribution < -0.4 is 0 Å². The van der Waals surface area contributed by atoms with Crippen molar-refractivity contribution in [3.05, 3.63) is 0 Å². The SMILES string of the molecule is CC(C)(O)C(O)CCC1(C)CC2C1CCC1(C)CC2(O)CCC1O. The molecule has 3 rings (SSSR count). The lowest BCUT2D eigenvalue weighted by molar-refractivity contribution is -0.184. The van der Waals surface area contributed by atoms with E-state index in [4.69, 9.17) is 0 Å². The van der Waals surface area contributed by atoms with Crippen LogP contribution in [0, 0.1) is 22.7 Å². The Morgan fingerprint density at radius 2 is 1.79 bits per heavy atom. The minimum Gasteiger partial charge on any atom is -0.393 e. The van der Waals surface area contributed by atoms with Crippen molar-refractivity contribution in [3.8, 4) is 0 Å². The van der Waals surface area contributed by atoms with Gasteiger partial charge in [0.05, 0.1) is 23.4 Å². The highest BCUT2D eigenvalue weighted by atomic mass is 16.3. The van der Waals surface area contributed by atoms with Gasteiger partial charge in [0, 0.05) is 0 Å². The van der Waals surface area contributed by atoms with Gasteiger partial charge < -0.3 is 20.4 Å². The molecule has 3 aliphatic rings. The Labute approximate surface area is 146 Å². The van der Waals surface area contributed by atoms with Crippen LogP contribution in [0.1, 0.15) is 79.1 Å². The molecule has 24 heavy (non-hydrogen) atoms. The quantitative estimate of drug-likeness (QED) is 0.634. The third kappa shape index (κ3) is 2.94. The monoisotopic (exact) mass is 340 g/mol. The number of rotatable bonds is 4. The fourth-order valence-corrected chi connectivity index (χ4v) is 6.04. The van der Waals surface area contributed by atoms with E-state index in [1.807, 2.05) is 0 Å². The first-order valence-electron chi connectivity index (χ1n) is 9.71. The highest BCUT2D eigenvalue weighted by Crippen LogP contribution is 2.66. The molecule has 0 saturated heterocycles. The minimum absolute atomic E-state index is 0.130. The summed E-state index contributed by atoms with van der Waals surface area (Å²) < 4.78 is 0. The lowest BCUT2D eigenvalue weighted by atomic mass is 9.47. The van der Waals surface area contributed by atoms with Gasteiger partial charge in [0.2, 0.25) is 0 Å². The average molecular weight is 341 g/mol. The molecule has 2 bridgehead atoms. The summed E-state index contributed by atoms with van der Waals surface area (Å²) in [7, 11) is 0. The zero-order chi connectivity index (χ0) is 18.0. The van der Waals surface area contributed by atoms with Crippen LogP contribution in [0.3, 0.4) is 0 Å². The average Bonchev–Trinajstić information content (AvgIpc) is 2.52. The van der Waals surface area contributed by atoms with Crippen LogP contribution in [0.2, 0.25) is 0 Å². The lowest BCUT2D eigenvalue weighted by Crippen LogP contribution is -2.58. The zero-order valence-corrected chi connectivity index (χ0v) is 15.8. The molecule has 0 heterocycles. The zero-order valence-electron chi connectivity index (χ0n) is 15.8. The summed E-state index contributed by atoms with van der Waals surface area (Å²) in [6.45, 7) is 7.73. The van der Waals surface area contributed by atoms with Gasteiger partial charge in [0.25, 0.3) is 0 Å². The Kier molecular flexibility index (Phi) is 4.40. The molecule has 3 fully saturated rings. The largest absolute Gasteiger partial charge is 0.393 e. The van der Waals surface area contributed by atoms with Crippen LogP contribution in [-0.4, -0.2) is 43.8 Å². The second kappa shape index (κ2) is 5.67. The summed E-state index contributed by atoms with van der Waals surface area (Å²) in [5, 5.41) is 41.9. The van der Waals surface area contributed by atoms with E-state index in [9.17, 15) is 20.4 Å². The van der Waals surface area contributed by atoms with E-state index in [1.54, 1.807) is 13.8 Å². The van der Waals surface area contributed by atoms with Crippen molar-refractivity contribution >= 4 is 0 Å². The van der Waals surface area contributed by atoms with Crippen molar-refractivity contribution < 1.29 is 20.4 Å². The van der Waals surface area contributed by atoms with Gasteiger partial charge in [0.1, 0.15) is 0 Å². The van der Waals surface area contributed by atoms with Gasteiger partial charge in [-0.25, -0.2) is 0 Å². The van der Waals surface area contributed by atoms with E-state index in [0.29, 0.717) is 31.1 Å². The van der Waals surface area contributed by atoms with E-state index in [2.05, 4.69) is 13.8 Å². The van der Waals surface area contributed by atoms with Crippen molar-refractivity contribution in [3.63, 3.8) is 0 Å². The summed E-state index contributed by atoms with van der Waals surface area (Å²) in [6.07, 6.45) is 5.66. The predicted molar refractivity (Wildman–Crippen MR) is 93.4 cm³/mol. The van der Waals surface area contributed by atoms with Gasteiger partial charge >= 0.3 is 0 Å². The lowest BCUT2D eigenvalue weighted by Gasteiger charge is -2.60. The van der Waals surface area contributed by atoms with Crippen molar-refractivity contribution in [2.75, 3.05) is 0 Å². The third-order valence-corrected chi connectivity index (χ3v) is 7.95. The van der Waals surface area contributed by atoms with E-state index in [-0.39, 0.29) is 16.9 Å². The molecule has 4 nitrogen and oxygen atoms in total. The van der Waals surface area contributed by atoms with Crippen LogP contribution in [0.15, 0.2) is 0 Å². The number of aliphatic hydroxyl groups excluding tert-OH is 2. The standard InChI is InChI=1S/C20H36O4/c1-17(2,23)15(21)6-9-18(3)11-14-13(18)5-8-19(4)12-20(14,24)10-7-16(19)22/h13-16,21-24H,5-12H2,1-4H3. The Hall–Kier alpha value is -0.160. The molecule has 4 N–H and O–H groups in total. The van der Waals surface area contributed by atoms with Crippen molar-refractivity contribution in [1.29, 1.82) is 0 Å². The van der Waals surface area contributed by atoms with Crippen LogP contribution in [-0.2, 0) is 0 Å². The molecular weight excluding hydrogens is 304 g/mol. The van der Waals surface area contributed by atoms with Crippen molar-refractivity contribution in [2.24, 2.45) is 22.7 Å². The van der Waals surface area contributed by atoms with E-state index < -0.39 is 17.3 Å². The second-order valence-electron chi connectivity index (χ2n) is 10.3. The topological polar surface area (TPSA) is 80.9 Å². The second-order valence-corrected chi connectivity index (χ2v) is 10.3. The summed E-state index contributed by atoms with van der Waals surface area (Å²) in [5.74, 6) is 0.791. The molecule has 0 aromatic carbocycles. The molecule has 0 spiro atoms. The van der Waals surface area contributed by atoms with E-state index >= 15 is 0 Å². The summed E-state index contributed by atoms with van der Waals surface area (Å²) in [4.78, 5) is 0.